The second-order valence-corrected chi connectivity index (χ2v) is 8.50. The van der Waals surface area contributed by atoms with Crippen molar-refractivity contribution in [1.82, 2.24) is 0 Å². The van der Waals surface area contributed by atoms with E-state index >= 15 is 0 Å². The number of benzene rings is 1. The van der Waals surface area contributed by atoms with E-state index in [4.69, 9.17) is 0 Å². The number of carbonyl (C=O) groups excluding carboxylic acids is 1. The van der Waals surface area contributed by atoms with Gasteiger partial charge in [0.25, 0.3) is 0 Å². The Morgan fingerprint density at radius 1 is 1.16 bits per heavy atom. The zero-order valence-electron chi connectivity index (χ0n) is 11.0. The molecule has 0 N–H and O–H groups in total. The molecule has 5 heteroatoms. The summed E-state index contributed by atoms with van der Waals surface area (Å²) in [7, 11) is -2.64. The zero-order chi connectivity index (χ0) is 13.9. The molecule has 104 valence electrons. The van der Waals surface area contributed by atoms with Crippen LogP contribution in [-0.4, -0.2) is 29.8 Å². The molecule has 19 heavy (non-hydrogen) atoms. The lowest BCUT2D eigenvalue weighted by Crippen LogP contribution is -2.51. The molecule has 1 fully saturated rings. The van der Waals surface area contributed by atoms with Crippen LogP contribution in [0.2, 0.25) is 0 Å². The Labute approximate surface area is 118 Å². The van der Waals surface area contributed by atoms with Crippen molar-refractivity contribution >= 4 is 27.4 Å². The largest absolute Gasteiger partial charge is 0.297 e. The Morgan fingerprint density at radius 3 is 2.26 bits per heavy atom. The molecular formula is C14H18O3S2. The zero-order valence-corrected chi connectivity index (χ0v) is 12.6. The van der Waals surface area contributed by atoms with Gasteiger partial charge in [0.2, 0.25) is 0 Å². The van der Waals surface area contributed by atoms with Gasteiger partial charge in [0.15, 0.2) is 9.86 Å². The molecule has 1 aromatic rings. The van der Waals surface area contributed by atoms with Gasteiger partial charge in [-0.3, -0.25) is 13.2 Å². The van der Waals surface area contributed by atoms with Crippen molar-refractivity contribution in [3.05, 3.63) is 35.9 Å². The number of hydrogen-bond donors (Lipinski definition) is 0. The summed E-state index contributed by atoms with van der Waals surface area (Å²) in [4.78, 5) is 12.6. The molecule has 0 aromatic heterocycles. The molecule has 0 bridgehead atoms. The highest BCUT2D eigenvalue weighted by Gasteiger charge is 2.49. The fraction of sp³-hybridized carbons (Fsp3) is 0.500. The topological polar surface area (TPSA) is 51.2 Å². The van der Waals surface area contributed by atoms with Gasteiger partial charge in [0.1, 0.15) is 0 Å². The first-order valence-electron chi connectivity index (χ1n) is 6.45. The maximum absolute atomic E-state index is 12.6. The van der Waals surface area contributed by atoms with Crippen LogP contribution in [0.25, 0.3) is 0 Å². The Morgan fingerprint density at radius 2 is 1.74 bits per heavy atom. The first-order valence-corrected chi connectivity index (χ1v) is 9.09. The van der Waals surface area contributed by atoms with Crippen molar-refractivity contribution in [2.45, 2.75) is 30.3 Å². The normalized spacial score (nSPS) is 25.9. The van der Waals surface area contributed by atoms with Gasteiger partial charge in [-0.1, -0.05) is 37.3 Å². The third-order valence-corrected chi connectivity index (χ3v) is 8.43. The smallest absolute Gasteiger partial charge is 0.178 e. The quantitative estimate of drug-likeness (QED) is 0.852. The molecule has 0 saturated carbocycles. The second-order valence-electron chi connectivity index (χ2n) is 4.64. The van der Waals surface area contributed by atoms with Crippen molar-refractivity contribution < 1.29 is 13.2 Å². The molecule has 0 unspecified atom stereocenters. The summed E-state index contributed by atoms with van der Waals surface area (Å²) >= 11 is 0. The molecule has 0 spiro atoms. The lowest BCUT2D eigenvalue weighted by atomic mass is 10.1. The number of rotatable bonds is 4. The molecule has 2 rings (SSSR count). The van der Waals surface area contributed by atoms with Crippen LogP contribution in [0.1, 0.15) is 25.3 Å². The summed E-state index contributed by atoms with van der Waals surface area (Å²) < 4.78 is 23.4. The van der Waals surface area contributed by atoms with Gasteiger partial charge in [-0.25, -0.2) is 0 Å². The third kappa shape index (κ3) is 2.72. The lowest BCUT2D eigenvalue weighted by molar-refractivity contribution is -0.118. The van der Waals surface area contributed by atoms with E-state index in [2.05, 4.69) is 0 Å². The second kappa shape index (κ2) is 6.09. The van der Waals surface area contributed by atoms with Crippen LogP contribution in [0.4, 0.5) is 0 Å². The summed E-state index contributed by atoms with van der Waals surface area (Å²) in [5.74, 6) is 0.831. The van der Waals surface area contributed by atoms with Crippen LogP contribution in [0.15, 0.2) is 30.3 Å². The first kappa shape index (κ1) is 14.6. The summed E-state index contributed by atoms with van der Waals surface area (Å²) in [6.07, 6.45) is 1.28. The van der Waals surface area contributed by atoms with Gasteiger partial charge in [0, 0.05) is 39.5 Å². The SMILES string of the molecule is CCC1(C(=O)Cc2ccccc2)[S@](=O)CCC[S@]1=O. The summed E-state index contributed by atoms with van der Waals surface area (Å²) in [6, 6.07) is 9.37. The Bertz CT molecular complexity index is 495. The molecule has 0 amide bonds. The number of carbonyl (C=O) groups is 1. The minimum Gasteiger partial charge on any atom is -0.297 e. The van der Waals surface area contributed by atoms with Crippen LogP contribution in [0.3, 0.4) is 0 Å². The molecule has 1 saturated heterocycles. The highest BCUT2D eigenvalue weighted by atomic mass is 32.2. The third-order valence-electron chi connectivity index (χ3n) is 3.49. The predicted molar refractivity (Wildman–Crippen MR) is 78.8 cm³/mol. The molecule has 1 aliphatic heterocycles. The van der Waals surface area contributed by atoms with E-state index in [9.17, 15) is 13.2 Å². The minimum absolute atomic E-state index is 0.141. The van der Waals surface area contributed by atoms with Gasteiger partial charge in [-0.15, -0.1) is 0 Å². The van der Waals surface area contributed by atoms with Gasteiger partial charge in [-0.2, -0.15) is 0 Å². The molecular weight excluding hydrogens is 280 g/mol. The maximum atomic E-state index is 12.6. The van der Waals surface area contributed by atoms with E-state index in [1.165, 1.54) is 0 Å². The highest BCUT2D eigenvalue weighted by molar-refractivity contribution is 8.06. The Hall–Kier alpha value is -0.810. The number of hydrogen-bond acceptors (Lipinski definition) is 3. The number of Topliss-reactive ketones (excluding diaryl/α,β-unsaturated/α-hetero) is 1. The molecule has 0 aliphatic carbocycles. The first-order chi connectivity index (χ1) is 9.11. The molecule has 2 atom stereocenters. The van der Waals surface area contributed by atoms with E-state index in [-0.39, 0.29) is 12.2 Å². The Kier molecular flexibility index (Phi) is 4.68. The van der Waals surface area contributed by atoms with E-state index in [0.29, 0.717) is 24.3 Å². The lowest BCUT2D eigenvalue weighted by Gasteiger charge is -2.33. The van der Waals surface area contributed by atoms with Crippen LogP contribution in [-0.2, 0) is 32.8 Å². The fourth-order valence-electron chi connectivity index (χ4n) is 2.44. The van der Waals surface area contributed by atoms with Crippen LogP contribution < -0.4 is 0 Å². The van der Waals surface area contributed by atoms with Gasteiger partial charge < -0.3 is 0 Å². The van der Waals surface area contributed by atoms with Gasteiger partial charge in [0.05, 0.1) is 0 Å². The van der Waals surface area contributed by atoms with E-state index in [1.807, 2.05) is 37.3 Å². The number of ketones is 1. The van der Waals surface area contributed by atoms with Crippen LogP contribution in [0, 0.1) is 0 Å². The summed E-state index contributed by atoms with van der Waals surface area (Å²) in [5, 5.41) is 0. The van der Waals surface area contributed by atoms with Crippen LogP contribution in [0.5, 0.6) is 0 Å². The van der Waals surface area contributed by atoms with Crippen molar-refractivity contribution in [2.75, 3.05) is 11.5 Å². The average molecular weight is 298 g/mol. The average Bonchev–Trinajstić information content (AvgIpc) is 2.40. The van der Waals surface area contributed by atoms with Crippen molar-refractivity contribution in [2.24, 2.45) is 0 Å². The summed E-state index contributed by atoms with van der Waals surface area (Å²) in [6.45, 7) is 1.81. The predicted octanol–water partition coefficient (Wildman–Crippen LogP) is 1.81. The monoisotopic (exact) mass is 298 g/mol. The van der Waals surface area contributed by atoms with Crippen molar-refractivity contribution in [1.29, 1.82) is 0 Å². The van der Waals surface area contributed by atoms with Gasteiger partial charge in [-0.05, 0) is 18.4 Å². The minimum atomic E-state index is -1.32. The molecule has 1 heterocycles. The summed E-state index contributed by atoms with van der Waals surface area (Å²) in [5.41, 5.74) is 0.889. The van der Waals surface area contributed by atoms with E-state index in [1.54, 1.807) is 0 Å². The molecule has 1 aromatic carbocycles. The molecule has 0 radical (unpaired) electrons. The van der Waals surface area contributed by atoms with Crippen molar-refractivity contribution in [3.63, 3.8) is 0 Å². The molecule has 1 aliphatic rings. The van der Waals surface area contributed by atoms with Gasteiger partial charge >= 0.3 is 0 Å². The highest BCUT2D eigenvalue weighted by Crippen LogP contribution is 2.31. The maximum Gasteiger partial charge on any atom is 0.178 e. The van der Waals surface area contributed by atoms with E-state index < -0.39 is 25.7 Å². The molecule has 3 nitrogen and oxygen atoms in total. The standard InChI is InChI=1S/C14H18O3S2/c1-2-14(18(16)9-6-10-19(14)17)13(15)11-12-7-4-3-5-8-12/h3-5,7-8H,2,6,9-11H2,1H3/t18-,19-/m1/s1. The fourth-order valence-corrected chi connectivity index (χ4v) is 6.72. The Balaban J connectivity index is 2.28. The van der Waals surface area contributed by atoms with Crippen molar-refractivity contribution in [3.8, 4) is 0 Å². The van der Waals surface area contributed by atoms with E-state index in [0.717, 1.165) is 5.56 Å². The van der Waals surface area contributed by atoms with Crippen LogP contribution >= 0.6 is 0 Å².